The molecule has 0 spiro atoms. The van der Waals surface area contributed by atoms with Crippen molar-refractivity contribution in [3.63, 3.8) is 0 Å². The fourth-order valence-corrected chi connectivity index (χ4v) is 4.58. The molecule has 1 saturated heterocycles. The number of imidazole rings is 1. The topological polar surface area (TPSA) is 64.0 Å². The minimum atomic E-state index is -0.368. The number of carbonyl (C=O) groups excluding carboxylic acids is 2. The number of para-hydroxylation sites is 2. The number of halogens is 2. The van der Waals surface area contributed by atoms with Gasteiger partial charge in [-0.2, -0.15) is 0 Å². The molecule has 8 heteroatoms. The van der Waals surface area contributed by atoms with E-state index in [-0.39, 0.29) is 11.1 Å². The zero-order chi connectivity index (χ0) is 22.2. The molecule has 5 rings (SSSR count). The van der Waals surface area contributed by atoms with E-state index in [0.717, 1.165) is 45.3 Å². The molecule has 5 nitrogen and oxygen atoms in total. The lowest BCUT2D eigenvalue weighted by molar-refractivity contribution is -0.115. The maximum absolute atomic E-state index is 11.8. The summed E-state index contributed by atoms with van der Waals surface area (Å²) in [5, 5.41) is 2.94. The molecule has 0 unspecified atom stereocenters. The second-order valence-corrected chi connectivity index (χ2v) is 9.06. The van der Waals surface area contributed by atoms with Crippen LogP contribution in [0.2, 0.25) is 10.0 Å². The van der Waals surface area contributed by atoms with Crippen LogP contribution in [0.1, 0.15) is 11.1 Å². The molecular weight excluding hydrogens is 465 g/mol. The number of rotatable bonds is 4. The smallest absolute Gasteiger partial charge is 0.290 e. The molecule has 0 aliphatic carbocycles. The average Bonchev–Trinajstić information content (AvgIpc) is 3.30. The predicted octanol–water partition coefficient (Wildman–Crippen LogP) is 6.38. The Kier molecular flexibility index (Phi) is 5.51. The van der Waals surface area contributed by atoms with Gasteiger partial charge in [0.25, 0.3) is 11.1 Å². The number of benzene rings is 3. The van der Waals surface area contributed by atoms with E-state index in [4.69, 9.17) is 28.2 Å². The number of amides is 2. The van der Waals surface area contributed by atoms with Crippen molar-refractivity contribution in [3.8, 4) is 11.4 Å². The van der Waals surface area contributed by atoms with Crippen molar-refractivity contribution in [2.75, 3.05) is 0 Å². The van der Waals surface area contributed by atoms with E-state index < -0.39 is 0 Å². The highest BCUT2D eigenvalue weighted by molar-refractivity contribution is 8.18. The molecule has 0 saturated carbocycles. The van der Waals surface area contributed by atoms with E-state index in [2.05, 4.69) is 9.88 Å². The molecular formula is C24H15Cl2N3O2S. The molecule has 1 aliphatic rings. The Balaban J connectivity index is 1.53. The standard InChI is InChI=1S/C24H15Cl2N3O2S/c25-17-10-7-15(11-18(17)26)13-29-20-4-2-1-3-19(20)27-22(29)16-8-5-14(6-9-16)12-21-23(30)28-24(31)32-21/h1-12H,13H2,(H,28,30,31). The van der Waals surface area contributed by atoms with Crippen LogP contribution in [0.4, 0.5) is 4.79 Å². The van der Waals surface area contributed by atoms with Gasteiger partial charge in [-0.25, -0.2) is 4.98 Å². The summed E-state index contributed by atoms with van der Waals surface area (Å²) in [5.41, 5.74) is 4.68. The summed E-state index contributed by atoms with van der Waals surface area (Å²) in [6.45, 7) is 0.581. The minimum absolute atomic E-state index is 0.353. The third-order valence-corrected chi connectivity index (χ3v) is 6.64. The van der Waals surface area contributed by atoms with Gasteiger partial charge in [0.1, 0.15) is 5.82 Å². The van der Waals surface area contributed by atoms with Crippen molar-refractivity contribution in [2.45, 2.75) is 6.54 Å². The molecule has 4 aromatic rings. The van der Waals surface area contributed by atoms with Gasteiger partial charge in [0.05, 0.1) is 26.0 Å². The lowest BCUT2D eigenvalue weighted by Gasteiger charge is -2.11. The summed E-state index contributed by atoms with van der Waals surface area (Å²) in [5.74, 6) is 0.451. The van der Waals surface area contributed by atoms with Gasteiger partial charge in [-0.15, -0.1) is 0 Å². The van der Waals surface area contributed by atoms with Gasteiger partial charge in [-0.05, 0) is 53.2 Å². The number of hydrogen-bond acceptors (Lipinski definition) is 4. The zero-order valence-electron chi connectivity index (χ0n) is 16.5. The first-order chi connectivity index (χ1) is 15.5. The van der Waals surface area contributed by atoms with Crippen molar-refractivity contribution in [3.05, 3.63) is 92.8 Å². The van der Waals surface area contributed by atoms with Crippen molar-refractivity contribution in [2.24, 2.45) is 0 Å². The van der Waals surface area contributed by atoms with Crippen LogP contribution in [-0.4, -0.2) is 20.7 Å². The summed E-state index contributed by atoms with van der Waals surface area (Å²) in [7, 11) is 0. The fraction of sp³-hybridized carbons (Fsp3) is 0.0417. The third kappa shape index (κ3) is 4.05. The van der Waals surface area contributed by atoms with E-state index in [0.29, 0.717) is 21.5 Å². The molecule has 1 fully saturated rings. The summed E-state index contributed by atoms with van der Waals surface area (Å²) in [6, 6.07) is 21.3. The van der Waals surface area contributed by atoms with Gasteiger partial charge in [-0.3, -0.25) is 14.9 Å². The van der Waals surface area contributed by atoms with Crippen molar-refractivity contribution < 1.29 is 9.59 Å². The number of hydrogen-bond donors (Lipinski definition) is 1. The summed E-state index contributed by atoms with van der Waals surface area (Å²) < 4.78 is 2.14. The molecule has 1 aliphatic heterocycles. The zero-order valence-corrected chi connectivity index (χ0v) is 18.8. The van der Waals surface area contributed by atoms with Crippen LogP contribution >= 0.6 is 35.0 Å². The summed E-state index contributed by atoms with van der Waals surface area (Å²) in [4.78, 5) is 28.4. The van der Waals surface area contributed by atoms with Crippen LogP contribution in [0, 0.1) is 0 Å². The third-order valence-electron chi connectivity index (χ3n) is 5.09. The Hall–Kier alpha value is -3.06. The average molecular weight is 480 g/mol. The Morgan fingerprint density at radius 1 is 0.969 bits per heavy atom. The number of fused-ring (bicyclic) bond motifs is 1. The highest BCUT2D eigenvalue weighted by atomic mass is 35.5. The van der Waals surface area contributed by atoms with Gasteiger partial charge in [0.15, 0.2) is 0 Å². The van der Waals surface area contributed by atoms with E-state index in [1.807, 2.05) is 60.7 Å². The molecule has 0 atom stereocenters. The molecule has 0 bridgehead atoms. The SMILES string of the molecule is O=C1NC(=O)C(=Cc2ccc(-c3nc4ccccc4n3Cc3ccc(Cl)c(Cl)c3)cc2)S1. The Morgan fingerprint density at radius 2 is 1.75 bits per heavy atom. The highest BCUT2D eigenvalue weighted by Crippen LogP contribution is 2.30. The Morgan fingerprint density at radius 3 is 2.47 bits per heavy atom. The van der Waals surface area contributed by atoms with Crippen LogP contribution in [0.15, 0.2) is 71.6 Å². The van der Waals surface area contributed by atoms with Gasteiger partial charge < -0.3 is 4.57 Å². The number of nitrogens with zero attached hydrogens (tertiary/aromatic N) is 2. The Labute approximate surface area is 198 Å². The predicted molar refractivity (Wildman–Crippen MR) is 130 cm³/mol. The van der Waals surface area contributed by atoms with Crippen LogP contribution in [-0.2, 0) is 11.3 Å². The van der Waals surface area contributed by atoms with Crippen LogP contribution in [0.5, 0.6) is 0 Å². The second-order valence-electron chi connectivity index (χ2n) is 7.23. The van der Waals surface area contributed by atoms with Gasteiger partial charge in [-0.1, -0.05) is 65.7 Å². The monoisotopic (exact) mass is 479 g/mol. The number of aromatic nitrogens is 2. The largest absolute Gasteiger partial charge is 0.319 e. The second kappa shape index (κ2) is 8.47. The lowest BCUT2D eigenvalue weighted by Crippen LogP contribution is -2.17. The molecule has 2 amide bonds. The van der Waals surface area contributed by atoms with Crippen LogP contribution < -0.4 is 5.32 Å². The minimum Gasteiger partial charge on any atom is -0.319 e. The first-order valence-electron chi connectivity index (χ1n) is 9.72. The number of thioether (sulfide) groups is 1. The van der Waals surface area contributed by atoms with E-state index in [1.165, 1.54) is 0 Å². The number of carbonyl (C=O) groups is 2. The maximum Gasteiger partial charge on any atom is 0.290 e. The van der Waals surface area contributed by atoms with E-state index in [9.17, 15) is 9.59 Å². The molecule has 32 heavy (non-hydrogen) atoms. The molecule has 3 aromatic carbocycles. The van der Waals surface area contributed by atoms with Crippen LogP contribution in [0.25, 0.3) is 28.5 Å². The first kappa shape index (κ1) is 20.8. The normalized spacial score (nSPS) is 15.0. The summed E-state index contributed by atoms with van der Waals surface area (Å²) >= 11 is 13.2. The van der Waals surface area contributed by atoms with Gasteiger partial charge >= 0.3 is 0 Å². The van der Waals surface area contributed by atoms with Crippen LogP contribution in [0.3, 0.4) is 0 Å². The van der Waals surface area contributed by atoms with Crippen molar-refractivity contribution in [1.29, 1.82) is 0 Å². The summed E-state index contributed by atoms with van der Waals surface area (Å²) in [6.07, 6.45) is 1.70. The Bertz CT molecular complexity index is 1410. The molecule has 1 N–H and O–H groups in total. The first-order valence-corrected chi connectivity index (χ1v) is 11.3. The number of imide groups is 1. The number of nitrogens with one attached hydrogen (secondary N) is 1. The van der Waals surface area contributed by atoms with Gasteiger partial charge in [0.2, 0.25) is 0 Å². The molecule has 158 valence electrons. The van der Waals surface area contributed by atoms with E-state index >= 15 is 0 Å². The molecule has 0 radical (unpaired) electrons. The van der Waals surface area contributed by atoms with E-state index in [1.54, 1.807) is 12.1 Å². The van der Waals surface area contributed by atoms with Gasteiger partial charge in [0, 0.05) is 12.1 Å². The highest BCUT2D eigenvalue weighted by Gasteiger charge is 2.24. The molecule has 2 heterocycles. The molecule has 1 aromatic heterocycles. The lowest BCUT2D eigenvalue weighted by atomic mass is 10.1. The fourth-order valence-electron chi connectivity index (χ4n) is 3.58. The quantitative estimate of drug-likeness (QED) is 0.344. The van der Waals surface area contributed by atoms with Crippen molar-refractivity contribution >= 4 is 63.2 Å². The van der Waals surface area contributed by atoms with Crippen molar-refractivity contribution in [1.82, 2.24) is 14.9 Å². The maximum atomic E-state index is 11.8.